The van der Waals surface area contributed by atoms with Gasteiger partial charge in [-0.1, -0.05) is 0 Å². The molecule has 1 saturated heterocycles. The number of rotatable bonds is 10. The van der Waals surface area contributed by atoms with Crippen LogP contribution in [0.2, 0.25) is 0 Å². The van der Waals surface area contributed by atoms with Crippen molar-refractivity contribution in [3.63, 3.8) is 0 Å². The van der Waals surface area contributed by atoms with E-state index in [-0.39, 0.29) is 56.3 Å². The van der Waals surface area contributed by atoms with Crippen LogP contribution in [-0.2, 0) is 14.4 Å². The molecular formula is C19H26N6O6. The number of aliphatic hydroxyl groups is 1. The molecule has 1 aromatic carbocycles. The van der Waals surface area contributed by atoms with Crippen molar-refractivity contribution in [3.8, 4) is 0 Å². The molecule has 1 aliphatic heterocycles. The number of benzene rings is 1. The zero-order chi connectivity index (χ0) is 23.2. The first-order valence-electron chi connectivity index (χ1n) is 9.73. The fourth-order valence-electron chi connectivity index (χ4n) is 3.61. The zero-order valence-electron chi connectivity index (χ0n) is 17.1. The number of nitrogens with one attached hydrogen (secondary N) is 1. The predicted octanol–water partition coefficient (Wildman–Crippen LogP) is -0.244. The van der Waals surface area contributed by atoms with E-state index < -0.39 is 34.0 Å². The first-order chi connectivity index (χ1) is 14.6. The van der Waals surface area contributed by atoms with Gasteiger partial charge in [0.15, 0.2) is 17.3 Å². The standard InChI is InChI=1S/C19H26N6O6/c1-12-15(27)19(8-2-9-22-18(20)21,24(16(12)28)10-3-11-26)17(29)23-13-4-6-14(7-5-13)25(30)31/h4-7,12,26H,2-3,8-11H2,1H3,(H,23,29)(H4,20,21,22)/t12?,19-/m1/s1. The van der Waals surface area contributed by atoms with E-state index in [2.05, 4.69) is 10.3 Å². The van der Waals surface area contributed by atoms with Crippen molar-refractivity contribution in [1.29, 1.82) is 0 Å². The summed E-state index contributed by atoms with van der Waals surface area (Å²) in [5.74, 6) is -2.95. The summed E-state index contributed by atoms with van der Waals surface area (Å²) >= 11 is 0. The second-order valence-corrected chi connectivity index (χ2v) is 7.18. The number of likely N-dealkylation sites (tertiary alicyclic amines) is 1. The van der Waals surface area contributed by atoms with Gasteiger partial charge in [0, 0.05) is 37.5 Å². The molecule has 2 amide bonds. The van der Waals surface area contributed by atoms with E-state index in [9.17, 15) is 29.6 Å². The summed E-state index contributed by atoms with van der Waals surface area (Å²) in [6, 6.07) is 5.11. The molecule has 2 rings (SSSR count). The van der Waals surface area contributed by atoms with Crippen molar-refractivity contribution in [2.45, 2.75) is 31.7 Å². The highest BCUT2D eigenvalue weighted by molar-refractivity contribution is 6.26. The van der Waals surface area contributed by atoms with E-state index in [1.165, 1.54) is 36.1 Å². The SMILES string of the molecule is CC1C(=O)N(CCCO)[C@@](CCCN=C(N)N)(C(=O)Nc2ccc([N+](=O)[O-])cc2)C1=O. The molecule has 1 aliphatic rings. The molecule has 0 aliphatic carbocycles. The zero-order valence-corrected chi connectivity index (χ0v) is 17.1. The fraction of sp³-hybridized carbons (Fsp3) is 0.474. The number of non-ortho nitro benzene ring substituents is 1. The van der Waals surface area contributed by atoms with Crippen LogP contribution in [0.15, 0.2) is 29.3 Å². The second-order valence-electron chi connectivity index (χ2n) is 7.18. The third-order valence-electron chi connectivity index (χ3n) is 5.14. The number of hydrogen-bond donors (Lipinski definition) is 4. The largest absolute Gasteiger partial charge is 0.396 e. The van der Waals surface area contributed by atoms with Crippen LogP contribution in [0.5, 0.6) is 0 Å². The monoisotopic (exact) mass is 434 g/mol. The number of ketones is 1. The molecule has 31 heavy (non-hydrogen) atoms. The molecule has 12 heteroatoms. The quantitative estimate of drug-likeness (QED) is 0.0966. The lowest BCUT2D eigenvalue weighted by molar-refractivity contribution is -0.384. The smallest absolute Gasteiger partial charge is 0.269 e. The van der Waals surface area contributed by atoms with Crippen LogP contribution in [0.25, 0.3) is 0 Å². The van der Waals surface area contributed by atoms with Crippen molar-refractivity contribution < 1.29 is 24.4 Å². The number of nitro groups is 1. The molecule has 1 unspecified atom stereocenters. The van der Waals surface area contributed by atoms with Gasteiger partial charge in [0.2, 0.25) is 5.91 Å². The lowest BCUT2D eigenvalue weighted by Gasteiger charge is -2.35. The minimum absolute atomic E-state index is 0.0153. The minimum atomic E-state index is -1.80. The third kappa shape index (κ3) is 4.97. The highest BCUT2D eigenvalue weighted by atomic mass is 16.6. The molecule has 168 valence electrons. The first-order valence-corrected chi connectivity index (χ1v) is 9.73. The molecule has 6 N–H and O–H groups in total. The van der Waals surface area contributed by atoms with E-state index >= 15 is 0 Å². The number of nitrogens with zero attached hydrogens (tertiary/aromatic N) is 3. The summed E-state index contributed by atoms with van der Waals surface area (Å²) in [6.07, 6.45) is 0.405. The molecule has 0 radical (unpaired) electrons. The van der Waals surface area contributed by atoms with E-state index in [4.69, 9.17) is 11.5 Å². The maximum absolute atomic E-state index is 13.4. The molecular weight excluding hydrogens is 408 g/mol. The Morgan fingerprint density at radius 1 is 1.29 bits per heavy atom. The maximum atomic E-state index is 13.4. The van der Waals surface area contributed by atoms with E-state index in [1.54, 1.807) is 0 Å². The summed E-state index contributed by atoms with van der Waals surface area (Å²) in [6.45, 7) is 1.38. The third-order valence-corrected chi connectivity index (χ3v) is 5.14. The van der Waals surface area contributed by atoms with E-state index in [0.29, 0.717) is 0 Å². The normalized spacial score (nSPS) is 20.6. The number of aliphatic imine (C=N–C) groups is 1. The highest BCUT2D eigenvalue weighted by Gasteiger charge is 2.60. The lowest BCUT2D eigenvalue weighted by atomic mass is 9.85. The number of nitro benzene ring substituents is 1. The summed E-state index contributed by atoms with van der Waals surface area (Å²) in [7, 11) is 0. The van der Waals surface area contributed by atoms with Crippen LogP contribution < -0.4 is 16.8 Å². The Kier molecular flexibility index (Phi) is 7.64. The summed E-state index contributed by atoms with van der Waals surface area (Å²) in [4.78, 5) is 54.6. The van der Waals surface area contributed by atoms with Crippen LogP contribution in [0, 0.1) is 16.0 Å². The van der Waals surface area contributed by atoms with Crippen LogP contribution in [0.4, 0.5) is 11.4 Å². The molecule has 12 nitrogen and oxygen atoms in total. The number of anilines is 1. The molecule has 1 heterocycles. The van der Waals surface area contributed by atoms with Gasteiger partial charge < -0.3 is 26.8 Å². The highest BCUT2D eigenvalue weighted by Crippen LogP contribution is 2.36. The number of guanidine groups is 1. The Labute approximate surface area is 178 Å². The molecule has 0 saturated carbocycles. The van der Waals surface area contributed by atoms with Gasteiger partial charge in [0.05, 0.1) is 10.8 Å². The summed E-state index contributed by atoms with van der Waals surface area (Å²) < 4.78 is 0. The number of carbonyl (C=O) groups is 3. The van der Waals surface area contributed by atoms with Crippen molar-refractivity contribution in [1.82, 2.24) is 4.90 Å². The lowest BCUT2D eigenvalue weighted by Crippen LogP contribution is -2.58. The van der Waals surface area contributed by atoms with Gasteiger partial charge in [-0.15, -0.1) is 0 Å². The van der Waals surface area contributed by atoms with Crippen LogP contribution >= 0.6 is 0 Å². The first kappa shape index (κ1) is 23.7. The Hall–Kier alpha value is -3.54. The Balaban J connectivity index is 2.38. The molecule has 1 aromatic rings. The molecule has 0 aromatic heterocycles. The maximum Gasteiger partial charge on any atom is 0.269 e. The number of amides is 2. The van der Waals surface area contributed by atoms with E-state index in [0.717, 1.165) is 0 Å². The van der Waals surface area contributed by atoms with Crippen LogP contribution in [0.3, 0.4) is 0 Å². The summed E-state index contributed by atoms with van der Waals surface area (Å²) in [5.41, 5.74) is 8.92. The van der Waals surface area contributed by atoms with E-state index in [1.807, 2.05) is 0 Å². The van der Waals surface area contributed by atoms with Gasteiger partial charge in [-0.05, 0) is 38.3 Å². The predicted molar refractivity (Wildman–Crippen MR) is 112 cm³/mol. The average molecular weight is 434 g/mol. The topological polar surface area (TPSA) is 194 Å². The van der Waals surface area contributed by atoms with Gasteiger partial charge in [0.1, 0.15) is 0 Å². The summed E-state index contributed by atoms with van der Waals surface area (Å²) in [5, 5.41) is 22.6. The Bertz CT molecular complexity index is 882. The van der Waals surface area contributed by atoms with Gasteiger partial charge in [-0.25, -0.2) is 0 Å². The number of Topliss-reactive ketones (excluding diaryl/α,β-unsaturated/α-hetero) is 1. The second kappa shape index (κ2) is 9.98. The minimum Gasteiger partial charge on any atom is -0.396 e. The van der Waals surface area contributed by atoms with Gasteiger partial charge in [-0.3, -0.25) is 29.5 Å². The molecule has 2 atom stereocenters. The van der Waals surface area contributed by atoms with Gasteiger partial charge in [0.25, 0.3) is 11.6 Å². The van der Waals surface area contributed by atoms with Gasteiger partial charge in [-0.2, -0.15) is 0 Å². The number of carbonyl (C=O) groups excluding carboxylic acids is 3. The van der Waals surface area contributed by atoms with Gasteiger partial charge >= 0.3 is 0 Å². The van der Waals surface area contributed by atoms with Crippen molar-refractivity contribution in [3.05, 3.63) is 34.4 Å². The average Bonchev–Trinajstić information content (AvgIpc) is 2.91. The van der Waals surface area contributed by atoms with Crippen molar-refractivity contribution in [2.75, 3.05) is 25.0 Å². The fourth-order valence-corrected chi connectivity index (χ4v) is 3.61. The Morgan fingerprint density at radius 3 is 2.48 bits per heavy atom. The van der Waals surface area contributed by atoms with Crippen LogP contribution in [0.1, 0.15) is 26.2 Å². The molecule has 1 fully saturated rings. The number of hydrogen-bond acceptors (Lipinski definition) is 7. The number of nitrogens with two attached hydrogens (primary N) is 2. The van der Waals surface area contributed by atoms with Crippen molar-refractivity contribution in [2.24, 2.45) is 22.4 Å². The van der Waals surface area contributed by atoms with Crippen LogP contribution in [-0.4, -0.2) is 63.7 Å². The Morgan fingerprint density at radius 2 is 1.94 bits per heavy atom. The number of aliphatic hydroxyl groups excluding tert-OH is 1. The van der Waals surface area contributed by atoms with Crippen molar-refractivity contribution >= 4 is 34.9 Å². The molecule has 0 spiro atoms. The molecule has 0 bridgehead atoms.